The number of hydrogen-bond donors (Lipinski definition) is 2. The minimum atomic E-state index is -0.176. The van der Waals surface area contributed by atoms with Crippen molar-refractivity contribution < 1.29 is 5.11 Å². The number of nitrogens with one attached hydrogen (secondary N) is 1. The molecule has 5 nitrogen and oxygen atoms in total. The first-order chi connectivity index (χ1) is 10.2. The molecule has 1 aromatic carbocycles. The average Bonchev–Trinajstić information content (AvgIpc) is 2.50. The molecular formula is C15H17ClN4O. The third kappa shape index (κ3) is 3.68. The fourth-order valence-electron chi connectivity index (χ4n) is 2.53. The molecule has 1 aliphatic rings. The van der Waals surface area contributed by atoms with Crippen LogP contribution in [0.25, 0.3) is 11.4 Å². The Labute approximate surface area is 128 Å². The Bertz CT molecular complexity index is 600. The van der Waals surface area contributed by atoms with Crippen molar-refractivity contribution in [3.8, 4) is 11.4 Å². The molecule has 0 atom stereocenters. The van der Waals surface area contributed by atoms with Crippen LogP contribution in [-0.2, 0) is 0 Å². The molecule has 1 heterocycles. The number of halogens is 1. The molecule has 0 unspecified atom stereocenters. The van der Waals surface area contributed by atoms with E-state index in [2.05, 4.69) is 20.3 Å². The fraction of sp³-hybridized carbons (Fsp3) is 0.400. The van der Waals surface area contributed by atoms with Gasteiger partial charge in [-0.05, 0) is 37.3 Å². The lowest BCUT2D eigenvalue weighted by molar-refractivity contribution is 0.126. The quantitative estimate of drug-likeness (QED) is 0.912. The Morgan fingerprint density at radius 2 is 1.71 bits per heavy atom. The molecule has 2 N–H and O–H groups in total. The van der Waals surface area contributed by atoms with Crippen molar-refractivity contribution in [1.82, 2.24) is 15.0 Å². The number of benzene rings is 1. The van der Waals surface area contributed by atoms with E-state index < -0.39 is 0 Å². The van der Waals surface area contributed by atoms with E-state index in [0.29, 0.717) is 11.8 Å². The summed E-state index contributed by atoms with van der Waals surface area (Å²) in [6.07, 6.45) is 3.25. The van der Waals surface area contributed by atoms with Crippen LogP contribution in [0.15, 0.2) is 30.3 Å². The summed E-state index contributed by atoms with van der Waals surface area (Å²) in [6.45, 7) is 0. The molecule has 1 saturated carbocycles. The van der Waals surface area contributed by atoms with Gasteiger partial charge in [0.15, 0.2) is 5.82 Å². The largest absolute Gasteiger partial charge is 0.393 e. The van der Waals surface area contributed by atoms with Gasteiger partial charge in [-0.2, -0.15) is 15.0 Å². The zero-order valence-electron chi connectivity index (χ0n) is 11.5. The van der Waals surface area contributed by atoms with E-state index in [-0.39, 0.29) is 17.4 Å². The van der Waals surface area contributed by atoms with Crippen LogP contribution in [0.2, 0.25) is 5.28 Å². The van der Waals surface area contributed by atoms with E-state index in [0.717, 1.165) is 31.2 Å². The molecule has 0 amide bonds. The molecule has 0 saturated heterocycles. The van der Waals surface area contributed by atoms with E-state index in [4.69, 9.17) is 11.6 Å². The van der Waals surface area contributed by atoms with E-state index in [1.807, 2.05) is 30.3 Å². The SMILES string of the molecule is OC1CCC(Nc2nc(Cl)nc(-c3ccccc3)n2)CC1. The molecule has 1 aliphatic carbocycles. The summed E-state index contributed by atoms with van der Waals surface area (Å²) >= 11 is 6.00. The number of nitrogens with zero attached hydrogens (tertiary/aromatic N) is 3. The lowest BCUT2D eigenvalue weighted by Gasteiger charge is -2.26. The number of aromatic nitrogens is 3. The van der Waals surface area contributed by atoms with Crippen molar-refractivity contribution in [3.05, 3.63) is 35.6 Å². The standard InChI is InChI=1S/C15H17ClN4O/c16-14-18-13(10-4-2-1-3-5-10)19-15(20-14)17-11-6-8-12(21)9-7-11/h1-5,11-12,21H,6-9H2,(H,17,18,19,20). The molecule has 0 spiro atoms. The maximum Gasteiger partial charge on any atom is 0.227 e. The van der Waals surface area contributed by atoms with E-state index in [1.165, 1.54) is 0 Å². The molecule has 0 bridgehead atoms. The lowest BCUT2D eigenvalue weighted by atomic mass is 9.93. The molecule has 3 rings (SSSR count). The van der Waals surface area contributed by atoms with Crippen molar-refractivity contribution >= 4 is 17.5 Å². The molecular weight excluding hydrogens is 288 g/mol. The van der Waals surface area contributed by atoms with Crippen LogP contribution in [0.4, 0.5) is 5.95 Å². The van der Waals surface area contributed by atoms with Gasteiger partial charge in [0.25, 0.3) is 0 Å². The summed E-state index contributed by atoms with van der Waals surface area (Å²) in [4.78, 5) is 12.8. The zero-order valence-corrected chi connectivity index (χ0v) is 12.3. The van der Waals surface area contributed by atoms with Gasteiger partial charge in [0.05, 0.1) is 6.10 Å². The minimum absolute atomic E-state index is 0.176. The van der Waals surface area contributed by atoms with Crippen LogP contribution < -0.4 is 5.32 Å². The second-order valence-electron chi connectivity index (χ2n) is 5.27. The topological polar surface area (TPSA) is 70.9 Å². The molecule has 110 valence electrons. The van der Waals surface area contributed by atoms with Gasteiger partial charge in [-0.1, -0.05) is 30.3 Å². The molecule has 2 aromatic rings. The Morgan fingerprint density at radius 3 is 2.43 bits per heavy atom. The maximum absolute atomic E-state index is 9.54. The summed E-state index contributed by atoms with van der Waals surface area (Å²) in [6, 6.07) is 9.96. The van der Waals surface area contributed by atoms with Crippen LogP contribution in [0.5, 0.6) is 0 Å². The number of hydrogen-bond acceptors (Lipinski definition) is 5. The maximum atomic E-state index is 9.54. The van der Waals surface area contributed by atoms with Gasteiger partial charge >= 0.3 is 0 Å². The monoisotopic (exact) mass is 304 g/mol. The molecule has 0 aliphatic heterocycles. The van der Waals surface area contributed by atoms with Crippen LogP contribution >= 0.6 is 11.6 Å². The highest BCUT2D eigenvalue weighted by Gasteiger charge is 2.20. The Kier molecular flexibility index (Phi) is 4.31. The molecule has 1 aromatic heterocycles. The van der Waals surface area contributed by atoms with Crippen LogP contribution in [-0.4, -0.2) is 32.2 Å². The predicted molar refractivity (Wildman–Crippen MR) is 82.2 cm³/mol. The van der Waals surface area contributed by atoms with Gasteiger partial charge in [-0.25, -0.2) is 0 Å². The van der Waals surface area contributed by atoms with Gasteiger partial charge in [0.2, 0.25) is 11.2 Å². The average molecular weight is 305 g/mol. The second-order valence-corrected chi connectivity index (χ2v) is 5.61. The summed E-state index contributed by atoms with van der Waals surface area (Å²) in [5, 5.41) is 13.0. The number of rotatable bonds is 3. The van der Waals surface area contributed by atoms with Crippen molar-refractivity contribution in [2.45, 2.75) is 37.8 Å². The summed E-state index contributed by atoms with van der Waals surface area (Å²) in [7, 11) is 0. The molecule has 1 fully saturated rings. The van der Waals surface area contributed by atoms with Crippen molar-refractivity contribution in [1.29, 1.82) is 0 Å². The van der Waals surface area contributed by atoms with Gasteiger partial charge in [-0.3, -0.25) is 0 Å². The Balaban J connectivity index is 1.78. The highest BCUT2D eigenvalue weighted by atomic mass is 35.5. The second kappa shape index (κ2) is 6.37. The first kappa shape index (κ1) is 14.2. The fourth-order valence-corrected chi connectivity index (χ4v) is 2.69. The van der Waals surface area contributed by atoms with Gasteiger partial charge in [-0.15, -0.1) is 0 Å². The van der Waals surface area contributed by atoms with Gasteiger partial charge in [0, 0.05) is 11.6 Å². The van der Waals surface area contributed by atoms with Gasteiger partial charge < -0.3 is 10.4 Å². The highest BCUT2D eigenvalue weighted by molar-refractivity contribution is 6.28. The predicted octanol–water partition coefficient (Wildman–Crippen LogP) is 2.91. The van der Waals surface area contributed by atoms with E-state index in [9.17, 15) is 5.11 Å². The molecule has 6 heteroatoms. The minimum Gasteiger partial charge on any atom is -0.393 e. The summed E-state index contributed by atoms with van der Waals surface area (Å²) in [5.74, 6) is 1.06. The summed E-state index contributed by atoms with van der Waals surface area (Å²) < 4.78 is 0. The Hall–Kier alpha value is -1.72. The number of aliphatic hydroxyl groups is 1. The van der Waals surface area contributed by atoms with Crippen LogP contribution in [0.3, 0.4) is 0 Å². The smallest absolute Gasteiger partial charge is 0.227 e. The van der Waals surface area contributed by atoms with Crippen molar-refractivity contribution in [2.24, 2.45) is 0 Å². The van der Waals surface area contributed by atoms with E-state index in [1.54, 1.807) is 0 Å². The number of aliphatic hydroxyl groups excluding tert-OH is 1. The first-order valence-electron chi connectivity index (χ1n) is 7.12. The first-order valence-corrected chi connectivity index (χ1v) is 7.50. The lowest BCUT2D eigenvalue weighted by Crippen LogP contribution is -2.29. The molecule has 21 heavy (non-hydrogen) atoms. The van der Waals surface area contributed by atoms with Crippen LogP contribution in [0, 0.1) is 0 Å². The van der Waals surface area contributed by atoms with Gasteiger partial charge in [0.1, 0.15) is 0 Å². The van der Waals surface area contributed by atoms with Crippen molar-refractivity contribution in [2.75, 3.05) is 5.32 Å². The van der Waals surface area contributed by atoms with Crippen LogP contribution in [0.1, 0.15) is 25.7 Å². The van der Waals surface area contributed by atoms with E-state index >= 15 is 0 Å². The number of anilines is 1. The third-order valence-corrected chi connectivity index (χ3v) is 3.84. The zero-order chi connectivity index (χ0) is 14.7. The van der Waals surface area contributed by atoms with Crippen molar-refractivity contribution in [3.63, 3.8) is 0 Å². The normalized spacial score (nSPS) is 22.0. The summed E-state index contributed by atoms with van der Waals surface area (Å²) in [5.41, 5.74) is 0.906. The highest BCUT2D eigenvalue weighted by Crippen LogP contribution is 2.22. The third-order valence-electron chi connectivity index (χ3n) is 3.67. The molecule has 0 radical (unpaired) electrons. The Morgan fingerprint density at radius 1 is 1.00 bits per heavy atom.